The number of aryl methyl sites for hydroxylation is 2. The van der Waals surface area contributed by atoms with Crippen molar-refractivity contribution < 1.29 is 38.6 Å². The average Bonchev–Trinajstić information content (AvgIpc) is 3.88. The molecule has 9 rings (SSSR count). The van der Waals surface area contributed by atoms with Crippen LogP contribution < -0.4 is 19.3 Å². The lowest BCUT2D eigenvalue weighted by Crippen LogP contribution is -2.49. The summed E-state index contributed by atoms with van der Waals surface area (Å²) in [5.41, 5.74) is 2.34. The monoisotopic (exact) mass is 818 g/mol. The number of rotatable bonds is 7. The van der Waals surface area contributed by atoms with Crippen molar-refractivity contribution in [3.8, 4) is 27.8 Å². The molecule has 1 N–H and O–H groups in total. The number of benzene rings is 3. The quantitative estimate of drug-likeness (QED) is 0.0995. The van der Waals surface area contributed by atoms with Crippen LogP contribution in [0.15, 0.2) is 72.3 Å². The highest BCUT2D eigenvalue weighted by molar-refractivity contribution is 7.22. The number of aromatic nitrogens is 2. The molecule has 2 aromatic heterocycles. The van der Waals surface area contributed by atoms with Crippen molar-refractivity contribution >= 4 is 73.9 Å². The molecule has 2 aliphatic carbocycles. The van der Waals surface area contributed by atoms with Crippen LogP contribution in [-0.4, -0.2) is 58.5 Å². The van der Waals surface area contributed by atoms with Crippen molar-refractivity contribution in [2.45, 2.75) is 39.5 Å². The van der Waals surface area contributed by atoms with E-state index in [4.69, 9.17) is 26.2 Å². The third-order valence-electron chi connectivity index (χ3n) is 12.9. The van der Waals surface area contributed by atoms with Gasteiger partial charge < -0.3 is 14.6 Å². The minimum atomic E-state index is -1.37. The first kappa shape index (κ1) is 37.8. The number of halogens is 1. The Hall–Kier alpha value is -5.79. The topological polar surface area (TPSA) is 148 Å². The summed E-state index contributed by atoms with van der Waals surface area (Å²) in [7, 11) is 4.52. The average molecular weight is 819 g/mol. The molecule has 0 radical (unpaired) electrons. The second-order valence-corrected chi connectivity index (χ2v) is 17.2. The first-order valence-corrected chi connectivity index (χ1v) is 20.1. The van der Waals surface area contributed by atoms with Gasteiger partial charge in [0.05, 0.1) is 48.0 Å². The number of imide groups is 2. The third kappa shape index (κ3) is 5.25. The molecule has 2 aliphatic heterocycles. The van der Waals surface area contributed by atoms with Crippen LogP contribution in [0.3, 0.4) is 0 Å². The number of aromatic hydroxyl groups is 1. The van der Waals surface area contributed by atoms with E-state index in [9.17, 15) is 19.5 Å². The summed E-state index contributed by atoms with van der Waals surface area (Å²) in [6.45, 7) is 5.23. The Bertz CT molecular complexity index is 2660. The number of amides is 4. The molecule has 2 saturated heterocycles. The number of phenols is 1. The number of fused-ring (bicyclic) bond motifs is 5. The van der Waals surface area contributed by atoms with Crippen molar-refractivity contribution in [2.24, 2.45) is 36.1 Å². The van der Waals surface area contributed by atoms with E-state index < -0.39 is 52.7 Å². The lowest BCUT2D eigenvalue weighted by Gasteiger charge is -2.49. The molecule has 6 atom stereocenters. The molecule has 0 bridgehead atoms. The fourth-order valence-electron chi connectivity index (χ4n) is 10.0. The van der Waals surface area contributed by atoms with Crippen molar-refractivity contribution in [1.29, 1.82) is 0 Å². The van der Waals surface area contributed by atoms with E-state index in [1.54, 1.807) is 72.5 Å². The number of hydrogen-bond donors (Lipinski definition) is 1. The van der Waals surface area contributed by atoms with Crippen LogP contribution in [0.4, 0.5) is 11.5 Å². The third-order valence-corrected chi connectivity index (χ3v) is 14.4. The molecule has 4 aliphatic rings. The zero-order chi connectivity index (χ0) is 41.1. The Balaban J connectivity index is 1.17. The van der Waals surface area contributed by atoms with E-state index in [1.165, 1.54) is 30.9 Å². The van der Waals surface area contributed by atoms with Crippen molar-refractivity contribution in [1.82, 2.24) is 9.78 Å². The van der Waals surface area contributed by atoms with Gasteiger partial charge in [0.2, 0.25) is 29.4 Å². The molecule has 296 valence electrons. The standard InChI is InChI=1S/C44H39ClN4O8S/c1-20-28-17-24(45)9-14-34(28)58-39(20)31-19-35(47(4)46-31)49-41(53)30-18-29-26(37(44(30,3)43(49)55)23-15-32(56-5)38(51)33(16-23)57-6)12-13-27-36(29)42(54)48(40(27)52)25-10-7-22(8-11-25)21(2)50/h7-12,14-17,19,27,29-30,36-37,51H,13,18H2,1-6H3. The van der Waals surface area contributed by atoms with Crippen LogP contribution in [0, 0.1) is 36.0 Å². The van der Waals surface area contributed by atoms with Gasteiger partial charge in [-0.1, -0.05) is 23.3 Å². The number of methoxy groups -OCH3 is 2. The second kappa shape index (κ2) is 13.4. The fraction of sp³-hybridized carbons (Fsp3) is 0.318. The minimum absolute atomic E-state index is 0.114. The largest absolute Gasteiger partial charge is 0.502 e. The number of hydrogen-bond acceptors (Lipinski definition) is 10. The van der Waals surface area contributed by atoms with Gasteiger partial charge >= 0.3 is 0 Å². The summed E-state index contributed by atoms with van der Waals surface area (Å²) in [6, 6.07) is 17.1. The molecule has 5 aromatic rings. The zero-order valence-corrected chi connectivity index (χ0v) is 34.1. The van der Waals surface area contributed by atoms with Crippen LogP contribution in [0.2, 0.25) is 5.02 Å². The van der Waals surface area contributed by atoms with E-state index in [0.717, 1.165) is 26.1 Å². The van der Waals surface area contributed by atoms with Gasteiger partial charge in [0.15, 0.2) is 17.3 Å². The number of ketones is 1. The Kier molecular flexibility index (Phi) is 8.72. The maximum atomic E-state index is 15.3. The predicted octanol–water partition coefficient (Wildman–Crippen LogP) is 7.62. The van der Waals surface area contributed by atoms with E-state index in [2.05, 4.69) is 0 Å². The Morgan fingerprint density at radius 3 is 2.28 bits per heavy atom. The minimum Gasteiger partial charge on any atom is -0.502 e. The maximum Gasteiger partial charge on any atom is 0.242 e. The molecular weight excluding hydrogens is 780 g/mol. The number of carbonyl (C=O) groups is 5. The highest BCUT2D eigenvalue weighted by atomic mass is 35.5. The smallest absolute Gasteiger partial charge is 0.242 e. The zero-order valence-electron chi connectivity index (χ0n) is 32.5. The summed E-state index contributed by atoms with van der Waals surface area (Å²) in [5.74, 6) is -5.21. The van der Waals surface area contributed by atoms with Crippen molar-refractivity contribution in [2.75, 3.05) is 24.0 Å². The summed E-state index contributed by atoms with van der Waals surface area (Å²) < 4.78 is 13.7. The van der Waals surface area contributed by atoms with Gasteiger partial charge in [0, 0.05) is 34.3 Å². The van der Waals surface area contributed by atoms with E-state index >= 15 is 9.59 Å². The fourth-order valence-corrected chi connectivity index (χ4v) is 11.3. The molecule has 14 heteroatoms. The molecule has 0 spiro atoms. The van der Waals surface area contributed by atoms with E-state index in [-0.39, 0.29) is 41.8 Å². The molecular formula is C44H39ClN4O8S. The molecule has 12 nitrogen and oxygen atoms in total. The number of nitrogens with zero attached hydrogens (tertiary/aromatic N) is 4. The van der Waals surface area contributed by atoms with Gasteiger partial charge in [0.1, 0.15) is 11.5 Å². The van der Waals surface area contributed by atoms with Crippen molar-refractivity contribution in [3.05, 3.63) is 94.0 Å². The summed E-state index contributed by atoms with van der Waals surface area (Å²) in [6.07, 6.45) is 2.34. The molecule has 3 aromatic carbocycles. The van der Waals surface area contributed by atoms with Crippen LogP contribution in [-0.2, 0) is 26.2 Å². The van der Waals surface area contributed by atoms with Crippen LogP contribution in [0.5, 0.6) is 17.2 Å². The molecule has 4 amide bonds. The number of phenolic OH excluding ortho intramolecular Hbond substituents is 1. The van der Waals surface area contributed by atoms with Crippen LogP contribution in [0.25, 0.3) is 20.7 Å². The first-order valence-electron chi connectivity index (χ1n) is 18.9. The van der Waals surface area contributed by atoms with Crippen LogP contribution >= 0.6 is 22.9 Å². The molecule has 3 fully saturated rings. The van der Waals surface area contributed by atoms with Gasteiger partial charge in [-0.25, -0.2) is 4.90 Å². The summed E-state index contributed by atoms with van der Waals surface area (Å²) >= 11 is 7.88. The van der Waals surface area contributed by atoms with Gasteiger partial charge in [0.25, 0.3) is 0 Å². The number of carbonyl (C=O) groups excluding carboxylic acids is 5. The lowest BCUT2D eigenvalue weighted by atomic mass is 9.51. The summed E-state index contributed by atoms with van der Waals surface area (Å²) in [5, 5.41) is 17.4. The highest BCUT2D eigenvalue weighted by Crippen LogP contribution is 2.64. The summed E-state index contributed by atoms with van der Waals surface area (Å²) in [4.78, 5) is 74.2. The Morgan fingerprint density at radius 2 is 1.62 bits per heavy atom. The predicted molar refractivity (Wildman–Crippen MR) is 219 cm³/mol. The molecule has 6 unspecified atom stereocenters. The first-order chi connectivity index (χ1) is 27.7. The number of allylic oxidation sites excluding steroid dienone is 2. The van der Waals surface area contributed by atoms with Crippen LogP contribution in [0.1, 0.15) is 54.1 Å². The number of Topliss-reactive ketones (excluding diaryl/α,β-unsaturated/α-hetero) is 1. The van der Waals surface area contributed by atoms with Gasteiger partial charge in [-0.05, 0) is 111 Å². The normalized spacial score (nSPS) is 25.2. The van der Waals surface area contributed by atoms with E-state index in [0.29, 0.717) is 33.3 Å². The highest BCUT2D eigenvalue weighted by Gasteiger charge is 2.68. The second-order valence-electron chi connectivity index (χ2n) is 15.8. The van der Waals surface area contributed by atoms with Gasteiger partial charge in [-0.3, -0.25) is 33.6 Å². The number of ether oxygens (including phenoxy) is 2. The van der Waals surface area contributed by atoms with Crippen molar-refractivity contribution in [3.63, 3.8) is 0 Å². The molecule has 58 heavy (non-hydrogen) atoms. The Labute approximate surface area is 342 Å². The van der Waals surface area contributed by atoms with E-state index in [1.807, 2.05) is 31.2 Å². The number of thiophene rings is 1. The maximum absolute atomic E-state index is 15.3. The van der Waals surface area contributed by atoms with Gasteiger partial charge in [-0.2, -0.15) is 5.10 Å². The molecule has 4 heterocycles. The van der Waals surface area contributed by atoms with Gasteiger partial charge in [-0.15, -0.1) is 11.3 Å². The SMILES string of the molecule is COc1cc(C2C3=CCC4C(=O)N(c5ccc(C(C)=O)cc5)C(=O)C4C3CC3C(=O)N(c4cc(-c5sc6ccc(Cl)cc6c5C)nn4C)C(=O)C32C)cc(OC)c1O. The molecule has 1 saturated carbocycles. The number of anilines is 2. The lowest BCUT2D eigenvalue weighted by molar-refractivity contribution is -0.131. The Morgan fingerprint density at radius 1 is 0.931 bits per heavy atom.